The molecule has 0 unspecified atom stereocenters. The van der Waals surface area contributed by atoms with Crippen molar-refractivity contribution in [1.29, 1.82) is 0 Å². The Kier molecular flexibility index (Phi) is 13.2. The van der Waals surface area contributed by atoms with Gasteiger partial charge in [-0.2, -0.15) is 0 Å². The Morgan fingerprint density at radius 2 is 1.46 bits per heavy atom. The zero-order chi connectivity index (χ0) is 33.6. The molecule has 0 atom stereocenters. The van der Waals surface area contributed by atoms with Gasteiger partial charge in [0.25, 0.3) is 0 Å². The minimum atomic E-state index is -1.36. The third-order valence-electron chi connectivity index (χ3n) is 9.47. The monoisotopic (exact) mass is 830 g/mol. The number of aryl methyl sites for hydroxylation is 3. The normalized spacial score (nSPS) is 13.4. The summed E-state index contributed by atoms with van der Waals surface area (Å²) in [6.07, 6.45) is 15.6. The zero-order valence-corrected chi connectivity index (χ0v) is 33.5. The predicted octanol–water partition coefficient (Wildman–Crippen LogP) is 10.9. The van der Waals surface area contributed by atoms with Crippen LogP contribution in [0.2, 0.25) is 19.6 Å². The van der Waals surface area contributed by atoms with E-state index in [4.69, 9.17) is 4.98 Å². The van der Waals surface area contributed by atoms with Gasteiger partial charge in [-0.15, -0.1) is 53.6 Å². The standard InChI is InChI=1S/C22H23N2.C21H28NSi.Ir/c1-14(2)20-10-9-18(12-23-20)21-11-17(5)19(13-24-21)22-15(3)7-6-8-16(22)4;1-23(2,3)21-16-22-20(18-12-8-5-9-13-18)15-19(21)14-17-10-6-4-7-11-17;/h6-11,13-14H,1-5H3;5,8-9,12,15-17H,4,6-7,10-11,14H2,1-3H3;/q2*-1;. The van der Waals surface area contributed by atoms with Crippen molar-refractivity contribution in [1.82, 2.24) is 15.0 Å². The van der Waals surface area contributed by atoms with E-state index in [9.17, 15) is 0 Å². The van der Waals surface area contributed by atoms with Crippen LogP contribution in [0.3, 0.4) is 0 Å². The maximum Gasteiger partial charge on any atom is 0.0798 e. The quantitative estimate of drug-likeness (QED) is 0.121. The van der Waals surface area contributed by atoms with E-state index in [1.807, 2.05) is 18.3 Å². The second-order valence-electron chi connectivity index (χ2n) is 14.7. The fraction of sp³-hybridized carbons (Fsp3) is 0.372. The molecule has 0 saturated heterocycles. The SMILES string of the molecule is C[Si](C)(C)c1cnc(-c2[c-]cccc2)cc1CC1CCCCC1.Cc1cc(-c2[c-]nc(C(C)C)cc2)ncc1-c1c(C)cccc1C.[Ir]. The van der Waals surface area contributed by atoms with E-state index in [2.05, 4.69) is 137 Å². The summed E-state index contributed by atoms with van der Waals surface area (Å²) in [4.78, 5) is 13.9. The van der Waals surface area contributed by atoms with Crippen LogP contribution in [-0.2, 0) is 26.5 Å². The molecule has 3 heterocycles. The molecule has 0 amide bonds. The first-order valence-electron chi connectivity index (χ1n) is 17.4. The van der Waals surface area contributed by atoms with Gasteiger partial charge in [0, 0.05) is 38.1 Å². The molecule has 0 spiro atoms. The van der Waals surface area contributed by atoms with Gasteiger partial charge in [0.05, 0.1) is 8.07 Å². The van der Waals surface area contributed by atoms with Crippen LogP contribution in [0.15, 0.2) is 79.1 Å². The van der Waals surface area contributed by atoms with Crippen molar-refractivity contribution in [2.45, 2.75) is 98.7 Å². The smallest absolute Gasteiger partial charge is 0.0798 e. The van der Waals surface area contributed by atoms with Crippen LogP contribution in [0.4, 0.5) is 0 Å². The fourth-order valence-electron chi connectivity index (χ4n) is 6.78. The number of hydrogen-bond acceptors (Lipinski definition) is 3. The van der Waals surface area contributed by atoms with Crippen LogP contribution < -0.4 is 5.19 Å². The average Bonchev–Trinajstić information content (AvgIpc) is 3.06. The van der Waals surface area contributed by atoms with E-state index in [1.165, 1.54) is 66.3 Å². The van der Waals surface area contributed by atoms with E-state index < -0.39 is 8.07 Å². The van der Waals surface area contributed by atoms with Crippen molar-refractivity contribution in [3.63, 3.8) is 0 Å². The van der Waals surface area contributed by atoms with E-state index in [0.717, 1.165) is 34.1 Å². The molecule has 1 fully saturated rings. The van der Waals surface area contributed by atoms with Crippen LogP contribution in [0.25, 0.3) is 33.6 Å². The van der Waals surface area contributed by atoms with E-state index >= 15 is 0 Å². The topological polar surface area (TPSA) is 38.7 Å². The second kappa shape index (κ2) is 16.9. The summed E-state index contributed by atoms with van der Waals surface area (Å²) in [7, 11) is -1.36. The van der Waals surface area contributed by atoms with Crippen LogP contribution in [-0.4, -0.2) is 23.0 Å². The second-order valence-corrected chi connectivity index (χ2v) is 19.7. The van der Waals surface area contributed by atoms with E-state index in [1.54, 1.807) is 10.8 Å². The van der Waals surface area contributed by atoms with Gasteiger partial charge in [-0.3, -0.25) is 0 Å². The maximum absolute atomic E-state index is 4.77. The first-order chi connectivity index (χ1) is 22.5. The van der Waals surface area contributed by atoms with Crippen molar-refractivity contribution in [3.05, 3.63) is 119 Å². The molecule has 0 bridgehead atoms. The van der Waals surface area contributed by atoms with Crippen molar-refractivity contribution in [2.75, 3.05) is 0 Å². The Morgan fingerprint density at radius 3 is 2.04 bits per heavy atom. The number of hydrogen-bond donors (Lipinski definition) is 0. The van der Waals surface area contributed by atoms with Gasteiger partial charge in [-0.1, -0.05) is 101 Å². The summed E-state index contributed by atoms with van der Waals surface area (Å²) < 4.78 is 0. The molecule has 1 radical (unpaired) electrons. The van der Waals surface area contributed by atoms with E-state index in [-0.39, 0.29) is 20.1 Å². The van der Waals surface area contributed by atoms with Crippen LogP contribution in [0, 0.1) is 39.0 Å². The number of pyridine rings is 3. The first-order valence-corrected chi connectivity index (χ1v) is 20.9. The molecule has 3 nitrogen and oxygen atoms in total. The van der Waals surface area contributed by atoms with Crippen LogP contribution in [0.1, 0.15) is 79.8 Å². The van der Waals surface area contributed by atoms with Crippen molar-refractivity contribution >= 4 is 13.3 Å². The number of benzene rings is 2. The van der Waals surface area contributed by atoms with Gasteiger partial charge >= 0.3 is 0 Å². The third kappa shape index (κ3) is 9.46. The molecule has 2 aromatic carbocycles. The van der Waals surface area contributed by atoms with E-state index in [0.29, 0.717) is 5.92 Å². The number of aromatic nitrogens is 3. The summed E-state index contributed by atoms with van der Waals surface area (Å²) >= 11 is 0. The summed E-state index contributed by atoms with van der Waals surface area (Å²) in [6.45, 7) is 18.0. The minimum absolute atomic E-state index is 0. The van der Waals surface area contributed by atoms with Crippen LogP contribution >= 0.6 is 0 Å². The van der Waals surface area contributed by atoms with Gasteiger partial charge in [0.2, 0.25) is 0 Å². The van der Waals surface area contributed by atoms with Crippen molar-refractivity contribution < 1.29 is 20.1 Å². The Labute approximate surface area is 304 Å². The third-order valence-corrected chi connectivity index (χ3v) is 11.5. The molecular formula is C43H51IrN3Si-2. The molecule has 1 aliphatic carbocycles. The van der Waals surface area contributed by atoms with Crippen LogP contribution in [0.5, 0.6) is 0 Å². The molecule has 0 N–H and O–H groups in total. The summed E-state index contributed by atoms with van der Waals surface area (Å²) in [6, 6.07) is 26.5. The Balaban J connectivity index is 0.000000212. The summed E-state index contributed by atoms with van der Waals surface area (Å²) in [5.74, 6) is 1.28. The fourth-order valence-corrected chi connectivity index (χ4v) is 8.37. The molecular weight excluding hydrogens is 779 g/mol. The average molecular weight is 830 g/mol. The minimum Gasteiger partial charge on any atom is -0.356 e. The van der Waals surface area contributed by atoms with Crippen molar-refractivity contribution in [2.24, 2.45) is 5.92 Å². The maximum atomic E-state index is 4.77. The molecule has 5 aromatic rings. The Morgan fingerprint density at radius 1 is 0.771 bits per heavy atom. The molecule has 48 heavy (non-hydrogen) atoms. The summed E-state index contributed by atoms with van der Waals surface area (Å²) in [5, 5.41) is 1.54. The zero-order valence-electron chi connectivity index (χ0n) is 30.1. The molecule has 253 valence electrons. The molecule has 1 saturated carbocycles. The molecule has 3 aromatic heterocycles. The number of rotatable bonds is 7. The van der Waals surface area contributed by atoms with Gasteiger partial charge < -0.3 is 15.0 Å². The van der Waals surface area contributed by atoms with Gasteiger partial charge in [-0.05, 0) is 89.7 Å². The summed E-state index contributed by atoms with van der Waals surface area (Å²) in [5.41, 5.74) is 12.9. The van der Waals surface area contributed by atoms with Crippen molar-refractivity contribution in [3.8, 4) is 33.6 Å². The van der Waals surface area contributed by atoms with Gasteiger partial charge in [0.15, 0.2) is 0 Å². The van der Waals surface area contributed by atoms with Gasteiger partial charge in [-0.25, -0.2) is 0 Å². The molecule has 0 aliphatic heterocycles. The Hall–Kier alpha value is -3.24. The largest absolute Gasteiger partial charge is 0.356 e. The predicted molar refractivity (Wildman–Crippen MR) is 202 cm³/mol. The van der Waals surface area contributed by atoms with Gasteiger partial charge in [0.1, 0.15) is 0 Å². The molecule has 1 aliphatic rings. The molecule has 6 rings (SSSR count). The molecule has 5 heteroatoms. The Bertz CT molecular complexity index is 1750. The first kappa shape index (κ1) is 37.6. The number of nitrogens with zero attached hydrogens (tertiary/aromatic N) is 3.